The van der Waals surface area contributed by atoms with E-state index < -0.39 is 0 Å². The van der Waals surface area contributed by atoms with E-state index in [1.807, 2.05) is 12.1 Å². The van der Waals surface area contributed by atoms with Gasteiger partial charge in [0.15, 0.2) is 5.11 Å². The van der Waals surface area contributed by atoms with E-state index in [4.69, 9.17) is 17.0 Å². The minimum absolute atomic E-state index is 0.210. The van der Waals surface area contributed by atoms with Crippen molar-refractivity contribution < 1.29 is 9.53 Å². The van der Waals surface area contributed by atoms with Crippen LogP contribution in [0.15, 0.2) is 22.7 Å². The fraction of sp³-hybridized carbons (Fsp3) is 0.600. The van der Waals surface area contributed by atoms with Crippen LogP contribution in [0.4, 0.5) is 0 Å². The number of nitrogens with zero attached hydrogens (tertiary/aromatic N) is 1. The lowest BCUT2D eigenvalue weighted by Crippen LogP contribution is -2.46. The van der Waals surface area contributed by atoms with Crippen molar-refractivity contribution in [2.75, 3.05) is 19.7 Å². The monoisotopic (exact) mass is 440 g/mol. The highest BCUT2D eigenvalue weighted by Crippen LogP contribution is 2.24. The molecule has 0 aliphatic carbocycles. The topological polar surface area (TPSA) is 41.6 Å². The minimum atomic E-state index is -0.210. The maximum atomic E-state index is 12.7. The van der Waals surface area contributed by atoms with Crippen molar-refractivity contribution in [3.63, 3.8) is 0 Å². The zero-order valence-electron chi connectivity index (χ0n) is 15.7. The summed E-state index contributed by atoms with van der Waals surface area (Å²) < 4.78 is 6.71. The number of unbranched alkanes of at least 4 members (excludes halogenated alkanes) is 3. The summed E-state index contributed by atoms with van der Waals surface area (Å²) in [5.41, 5.74) is 0.516. The number of carbonyl (C=O) groups excluding carboxylic acids is 1. The van der Waals surface area contributed by atoms with Gasteiger partial charge in [0, 0.05) is 17.6 Å². The molecule has 2 rings (SSSR count). The minimum Gasteiger partial charge on any atom is -0.493 e. The third kappa shape index (κ3) is 6.54. The maximum Gasteiger partial charge on any atom is 0.261 e. The lowest BCUT2D eigenvalue weighted by Gasteiger charge is -2.32. The van der Waals surface area contributed by atoms with Crippen LogP contribution in [0.3, 0.4) is 0 Å². The molecule has 1 aliphatic heterocycles. The number of nitrogens with one attached hydrogen (secondary N) is 1. The van der Waals surface area contributed by atoms with E-state index in [1.54, 1.807) is 6.07 Å². The predicted octanol–water partition coefficient (Wildman–Crippen LogP) is 5.15. The molecule has 1 N–H and O–H groups in total. The first-order valence-corrected chi connectivity index (χ1v) is 10.7. The van der Waals surface area contributed by atoms with Crippen LogP contribution in [0, 0.1) is 5.92 Å². The number of rotatable bonds is 7. The Labute approximate surface area is 170 Å². The molecule has 1 aromatic rings. The molecule has 0 bridgehead atoms. The summed E-state index contributed by atoms with van der Waals surface area (Å²) >= 11 is 8.88. The quantitative estimate of drug-likeness (QED) is 0.469. The van der Waals surface area contributed by atoms with Crippen molar-refractivity contribution in [3.05, 3.63) is 28.2 Å². The molecule has 1 heterocycles. The van der Waals surface area contributed by atoms with E-state index in [2.05, 4.69) is 40.0 Å². The normalized spacial score (nSPS) is 15.0. The average Bonchev–Trinajstić information content (AvgIpc) is 2.63. The Morgan fingerprint density at radius 2 is 2.04 bits per heavy atom. The van der Waals surface area contributed by atoms with Gasteiger partial charge in [0.1, 0.15) is 5.75 Å². The van der Waals surface area contributed by atoms with Gasteiger partial charge in [-0.25, -0.2) is 0 Å². The zero-order valence-corrected chi connectivity index (χ0v) is 18.1. The molecular weight excluding hydrogens is 412 g/mol. The van der Waals surface area contributed by atoms with Crippen molar-refractivity contribution in [1.29, 1.82) is 0 Å². The first kappa shape index (κ1) is 21.2. The van der Waals surface area contributed by atoms with E-state index in [0.717, 1.165) is 49.2 Å². The van der Waals surface area contributed by atoms with Gasteiger partial charge in [-0.05, 0) is 55.6 Å². The van der Waals surface area contributed by atoms with Gasteiger partial charge in [0.2, 0.25) is 0 Å². The Hall–Kier alpha value is -1.14. The molecule has 4 nitrogen and oxygen atoms in total. The van der Waals surface area contributed by atoms with Crippen LogP contribution in [0.1, 0.15) is 62.7 Å². The van der Waals surface area contributed by atoms with E-state index in [1.165, 1.54) is 12.8 Å². The van der Waals surface area contributed by atoms with E-state index in [-0.39, 0.29) is 5.91 Å². The van der Waals surface area contributed by atoms with Gasteiger partial charge in [0.25, 0.3) is 5.91 Å². The highest BCUT2D eigenvalue weighted by Gasteiger charge is 2.21. The molecule has 1 aromatic carbocycles. The summed E-state index contributed by atoms with van der Waals surface area (Å²) in [5, 5.41) is 3.39. The standard InChI is InChI=1S/C20H29BrN2O2S/c1-3-4-5-6-13-25-18-8-7-16(21)14-17(18)19(24)22-20(26)23-11-9-15(2)10-12-23/h7-8,14-15H,3-6,9-13H2,1-2H3,(H,22,24,26). The second-order valence-electron chi connectivity index (χ2n) is 6.98. The molecule has 0 saturated carbocycles. The van der Waals surface area contributed by atoms with Crippen LogP contribution in [0.5, 0.6) is 5.75 Å². The Kier molecular flexibility index (Phi) is 8.85. The van der Waals surface area contributed by atoms with Gasteiger partial charge in [-0.1, -0.05) is 49.0 Å². The number of amides is 1. The number of likely N-dealkylation sites (tertiary alicyclic amines) is 1. The molecule has 0 spiro atoms. The van der Waals surface area contributed by atoms with E-state index >= 15 is 0 Å². The molecule has 1 saturated heterocycles. The van der Waals surface area contributed by atoms with Crippen LogP contribution in [-0.4, -0.2) is 35.6 Å². The fourth-order valence-corrected chi connectivity index (χ4v) is 3.61. The molecule has 0 atom stereocenters. The Morgan fingerprint density at radius 3 is 2.73 bits per heavy atom. The highest BCUT2D eigenvalue weighted by atomic mass is 79.9. The molecule has 1 fully saturated rings. The number of piperidine rings is 1. The number of carbonyl (C=O) groups is 1. The van der Waals surface area contributed by atoms with Crippen LogP contribution >= 0.6 is 28.1 Å². The third-order valence-corrected chi connectivity index (χ3v) is 5.59. The molecule has 0 radical (unpaired) electrons. The SMILES string of the molecule is CCCCCCOc1ccc(Br)cc1C(=O)NC(=S)N1CCC(C)CC1. The van der Waals surface area contributed by atoms with Crippen molar-refractivity contribution in [2.45, 2.75) is 52.4 Å². The maximum absolute atomic E-state index is 12.7. The number of halogens is 1. The number of thiocarbonyl (C=S) groups is 1. The summed E-state index contributed by atoms with van der Waals surface area (Å²) in [6.45, 7) is 6.87. The number of ether oxygens (including phenoxy) is 1. The van der Waals surface area contributed by atoms with Gasteiger partial charge in [-0.15, -0.1) is 0 Å². The molecule has 0 aromatic heterocycles. The van der Waals surface area contributed by atoms with Crippen LogP contribution < -0.4 is 10.1 Å². The van der Waals surface area contributed by atoms with Crippen molar-refractivity contribution in [2.24, 2.45) is 5.92 Å². The molecule has 144 valence electrons. The van der Waals surface area contributed by atoms with Gasteiger partial charge in [-0.3, -0.25) is 10.1 Å². The number of hydrogen-bond donors (Lipinski definition) is 1. The highest BCUT2D eigenvalue weighted by molar-refractivity contribution is 9.10. The molecule has 26 heavy (non-hydrogen) atoms. The Balaban J connectivity index is 1.96. The van der Waals surface area contributed by atoms with Crippen LogP contribution in [0.2, 0.25) is 0 Å². The second kappa shape index (κ2) is 10.9. The summed E-state index contributed by atoms with van der Waals surface area (Å²) in [7, 11) is 0. The summed E-state index contributed by atoms with van der Waals surface area (Å²) in [4.78, 5) is 14.8. The lowest BCUT2D eigenvalue weighted by atomic mass is 10.00. The first-order valence-electron chi connectivity index (χ1n) is 9.54. The summed E-state index contributed by atoms with van der Waals surface area (Å²) in [6, 6.07) is 5.52. The van der Waals surface area contributed by atoms with Gasteiger partial charge >= 0.3 is 0 Å². The van der Waals surface area contributed by atoms with Gasteiger partial charge < -0.3 is 9.64 Å². The summed E-state index contributed by atoms with van der Waals surface area (Å²) in [6.07, 6.45) is 6.76. The zero-order chi connectivity index (χ0) is 18.9. The molecular formula is C20H29BrN2O2S. The smallest absolute Gasteiger partial charge is 0.261 e. The predicted molar refractivity (Wildman–Crippen MR) is 114 cm³/mol. The molecule has 1 amide bonds. The molecule has 6 heteroatoms. The Morgan fingerprint density at radius 1 is 1.31 bits per heavy atom. The van der Waals surface area contributed by atoms with E-state index in [0.29, 0.717) is 23.0 Å². The van der Waals surface area contributed by atoms with Crippen LogP contribution in [0.25, 0.3) is 0 Å². The number of hydrogen-bond acceptors (Lipinski definition) is 3. The van der Waals surface area contributed by atoms with Crippen molar-refractivity contribution in [1.82, 2.24) is 10.2 Å². The number of benzene rings is 1. The molecule has 1 aliphatic rings. The van der Waals surface area contributed by atoms with Crippen molar-refractivity contribution in [3.8, 4) is 5.75 Å². The third-order valence-electron chi connectivity index (χ3n) is 4.73. The largest absolute Gasteiger partial charge is 0.493 e. The average molecular weight is 441 g/mol. The van der Waals surface area contributed by atoms with Crippen LogP contribution in [-0.2, 0) is 0 Å². The summed E-state index contributed by atoms with van der Waals surface area (Å²) in [5.74, 6) is 1.12. The van der Waals surface area contributed by atoms with E-state index in [9.17, 15) is 4.79 Å². The second-order valence-corrected chi connectivity index (χ2v) is 8.28. The first-order chi connectivity index (χ1) is 12.5. The molecule has 0 unspecified atom stereocenters. The van der Waals surface area contributed by atoms with Gasteiger partial charge in [0.05, 0.1) is 12.2 Å². The van der Waals surface area contributed by atoms with Gasteiger partial charge in [-0.2, -0.15) is 0 Å². The Bertz CT molecular complexity index is 616. The lowest BCUT2D eigenvalue weighted by molar-refractivity contribution is 0.0967. The fourth-order valence-electron chi connectivity index (χ4n) is 2.97. The van der Waals surface area contributed by atoms with Crippen molar-refractivity contribution >= 4 is 39.2 Å².